The third-order valence-corrected chi connectivity index (χ3v) is 4.92. The zero-order chi connectivity index (χ0) is 14.6. The molecule has 2 unspecified atom stereocenters. The molecule has 2 atom stereocenters. The Bertz CT molecular complexity index is 400. The molecule has 1 heterocycles. The normalized spacial score (nSPS) is 14.9. The third-order valence-electron chi connectivity index (χ3n) is 4.01. The van der Waals surface area contributed by atoms with Crippen molar-refractivity contribution in [1.82, 2.24) is 15.2 Å². The van der Waals surface area contributed by atoms with Crippen LogP contribution in [0.2, 0.25) is 0 Å². The molecule has 0 spiro atoms. The molecular weight excluding hydrogens is 304 g/mol. The Morgan fingerprint density at radius 3 is 2.37 bits per heavy atom. The van der Waals surface area contributed by atoms with Crippen LogP contribution in [0.4, 0.5) is 0 Å². The van der Waals surface area contributed by atoms with Gasteiger partial charge in [0.2, 0.25) is 0 Å². The van der Waals surface area contributed by atoms with Gasteiger partial charge >= 0.3 is 0 Å². The van der Waals surface area contributed by atoms with E-state index < -0.39 is 0 Å². The van der Waals surface area contributed by atoms with Gasteiger partial charge < -0.3 is 0 Å². The van der Waals surface area contributed by atoms with Crippen LogP contribution in [0, 0.1) is 11.8 Å². The lowest BCUT2D eigenvalue weighted by Gasteiger charge is -2.26. The Labute approximate surface area is 125 Å². The van der Waals surface area contributed by atoms with E-state index in [9.17, 15) is 0 Å². The van der Waals surface area contributed by atoms with E-state index >= 15 is 0 Å². The van der Waals surface area contributed by atoms with Gasteiger partial charge in [-0.2, -0.15) is 5.10 Å². The maximum Gasteiger partial charge on any atom is 0.0766 e. The van der Waals surface area contributed by atoms with Gasteiger partial charge in [-0.3, -0.25) is 16.0 Å². The fraction of sp³-hybridized carbons (Fsp3) is 0.786. The second-order valence-corrected chi connectivity index (χ2v) is 6.25. The summed E-state index contributed by atoms with van der Waals surface area (Å²) < 4.78 is 3.23. The van der Waals surface area contributed by atoms with Gasteiger partial charge in [0.1, 0.15) is 0 Å². The molecule has 1 aromatic rings. The molecule has 0 saturated heterocycles. The summed E-state index contributed by atoms with van der Waals surface area (Å²) in [6.07, 6.45) is 1.85. The van der Waals surface area contributed by atoms with Crippen molar-refractivity contribution in [1.29, 1.82) is 0 Å². The number of halogens is 1. The molecule has 110 valence electrons. The molecule has 1 aromatic heterocycles. The second kappa shape index (κ2) is 7.41. The highest BCUT2D eigenvalue weighted by molar-refractivity contribution is 9.10. The highest BCUT2D eigenvalue weighted by atomic mass is 79.9. The first kappa shape index (κ1) is 16.7. The van der Waals surface area contributed by atoms with Crippen LogP contribution < -0.4 is 11.3 Å². The third kappa shape index (κ3) is 3.80. The van der Waals surface area contributed by atoms with Gasteiger partial charge in [0.25, 0.3) is 0 Å². The molecule has 0 saturated carbocycles. The first-order valence-corrected chi connectivity index (χ1v) is 7.95. The Kier molecular flexibility index (Phi) is 6.50. The number of rotatable bonds is 7. The summed E-state index contributed by atoms with van der Waals surface area (Å²) in [5, 5.41) is 4.64. The van der Waals surface area contributed by atoms with Gasteiger partial charge in [-0.1, -0.05) is 27.7 Å². The molecule has 0 aliphatic carbocycles. The standard InChI is InChI=1S/C14H27BrN4/c1-6-11-14(15)13(19(7-2)18-11)8-12(17-16)10(5)9(3)4/h9-10,12,17H,6-8,16H2,1-5H3. The van der Waals surface area contributed by atoms with E-state index in [1.165, 1.54) is 5.69 Å². The molecule has 0 bridgehead atoms. The Hall–Kier alpha value is -0.390. The largest absolute Gasteiger partial charge is 0.271 e. The summed E-state index contributed by atoms with van der Waals surface area (Å²) in [4.78, 5) is 0. The quantitative estimate of drug-likeness (QED) is 0.597. The van der Waals surface area contributed by atoms with Crippen molar-refractivity contribution >= 4 is 15.9 Å². The Morgan fingerprint density at radius 2 is 1.95 bits per heavy atom. The summed E-state index contributed by atoms with van der Waals surface area (Å²) in [6, 6.07) is 0.267. The van der Waals surface area contributed by atoms with E-state index in [1.807, 2.05) is 0 Å². The molecule has 19 heavy (non-hydrogen) atoms. The van der Waals surface area contributed by atoms with Crippen LogP contribution >= 0.6 is 15.9 Å². The zero-order valence-corrected chi connectivity index (χ0v) is 14.3. The van der Waals surface area contributed by atoms with Crippen LogP contribution in [-0.4, -0.2) is 15.8 Å². The summed E-state index contributed by atoms with van der Waals surface area (Å²) in [7, 11) is 0. The molecule has 3 N–H and O–H groups in total. The van der Waals surface area contributed by atoms with Crippen LogP contribution in [0.25, 0.3) is 0 Å². The second-order valence-electron chi connectivity index (χ2n) is 5.46. The monoisotopic (exact) mass is 330 g/mol. The van der Waals surface area contributed by atoms with Gasteiger partial charge in [0, 0.05) is 19.0 Å². The van der Waals surface area contributed by atoms with Crippen LogP contribution in [0.15, 0.2) is 4.47 Å². The summed E-state index contributed by atoms with van der Waals surface area (Å²) in [5.41, 5.74) is 5.35. The number of hydrogen-bond donors (Lipinski definition) is 2. The van der Waals surface area contributed by atoms with Crippen LogP contribution in [-0.2, 0) is 19.4 Å². The van der Waals surface area contributed by atoms with Crippen molar-refractivity contribution in [2.24, 2.45) is 17.7 Å². The lowest BCUT2D eigenvalue weighted by atomic mass is 9.88. The van der Waals surface area contributed by atoms with Gasteiger partial charge in [-0.25, -0.2) is 0 Å². The summed E-state index contributed by atoms with van der Waals surface area (Å²) >= 11 is 3.70. The van der Waals surface area contributed by atoms with Gasteiger partial charge in [0.05, 0.1) is 15.9 Å². The number of aryl methyl sites for hydroxylation is 2. The molecule has 5 heteroatoms. The summed E-state index contributed by atoms with van der Waals surface area (Å²) in [5.74, 6) is 6.86. The van der Waals surface area contributed by atoms with E-state index in [1.54, 1.807) is 0 Å². The average molecular weight is 331 g/mol. The average Bonchev–Trinajstić information content (AvgIpc) is 2.71. The van der Waals surface area contributed by atoms with Crippen molar-refractivity contribution < 1.29 is 0 Å². The maximum atomic E-state index is 5.75. The van der Waals surface area contributed by atoms with Crippen LogP contribution in [0.5, 0.6) is 0 Å². The number of hydrogen-bond acceptors (Lipinski definition) is 3. The minimum atomic E-state index is 0.267. The number of nitrogens with one attached hydrogen (secondary N) is 1. The molecule has 0 aromatic carbocycles. The minimum Gasteiger partial charge on any atom is -0.271 e. The Balaban J connectivity index is 2.99. The van der Waals surface area contributed by atoms with Gasteiger partial charge in [-0.15, -0.1) is 0 Å². The van der Waals surface area contributed by atoms with E-state index in [0.717, 1.165) is 29.6 Å². The molecule has 0 aliphatic heterocycles. The van der Waals surface area contributed by atoms with Crippen LogP contribution in [0.1, 0.15) is 46.0 Å². The zero-order valence-electron chi connectivity index (χ0n) is 12.7. The molecule has 0 fully saturated rings. The van der Waals surface area contributed by atoms with E-state index in [-0.39, 0.29) is 6.04 Å². The van der Waals surface area contributed by atoms with E-state index in [2.05, 4.69) is 65.8 Å². The number of hydrazine groups is 1. The fourth-order valence-corrected chi connectivity index (χ4v) is 3.01. The fourth-order valence-electron chi connectivity index (χ4n) is 2.28. The van der Waals surface area contributed by atoms with Crippen molar-refractivity contribution in [3.63, 3.8) is 0 Å². The molecule has 0 amide bonds. The first-order valence-electron chi connectivity index (χ1n) is 7.16. The minimum absolute atomic E-state index is 0.267. The number of nitrogens with two attached hydrogens (primary N) is 1. The smallest absolute Gasteiger partial charge is 0.0766 e. The van der Waals surface area contributed by atoms with Gasteiger partial charge in [-0.05, 0) is 41.1 Å². The molecule has 0 aliphatic rings. The molecule has 4 nitrogen and oxygen atoms in total. The van der Waals surface area contributed by atoms with E-state index in [0.29, 0.717) is 11.8 Å². The van der Waals surface area contributed by atoms with Crippen LogP contribution in [0.3, 0.4) is 0 Å². The van der Waals surface area contributed by atoms with Crippen molar-refractivity contribution in [3.8, 4) is 0 Å². The molecular formula is C14H27BrN4. The predicted octanol–water partition coefficient (Wildman–Crippen LogP) is 2.89. The first-order chi connectivity index (χ1) is 8.96. The van der Waals surface area contributed by atoms with Gasteiger partial charge in [0.15, 0.2) is 0 Å². The maximum absolute atomic E-state index is 5.75. The SMILES string of the molecule is CCc1nn(CC)c(CC(NN)C(C)C(C)C)c1Br. The molecule has 0 radical (unpaired) electrons. The number of nitrogens with zero attached hydrogens (tertiary/aromatic N) is 2. The van der Waals surface area contributed by atoms with Crippen molar-refractivity contribution in [2.45, 2.75) is 60.0 Å². The lowest BCUT2D eigenvalue weighted by Crippen LogP contribution is -2.43. The van der Waals surface area contributed by atoms with Crippen molar-refractivity contribution in [2.75, 3.05) is 0 Å². The van der Waals surface area contributed by atoms with Crippen molar-refractivity contribution in [3.05, 3.63) is 15.9 Å². The highest BCUT2D eigenvalue weighted by Crippen LogP contribution is 2.26. The summed E-state index contributed by atoms with van der Waals surface area (Å²) in [6.45, 7) is 11.9. The topological polar surface area (TPSA) is 55.9 Å². The van der Waals surface area contributed by atoms with E-state index in [4.69, 9.17) is 5.84 Å². The Morgan fingerprint density at radius 1 is 1.32 bits per heavy atom. The molecule has 1 rings (SSSR count). The predicted molar refractivity (Wildman–Crippen MR) is 83.8 cm³/mol. The highest BCUT2D eigenvalue weighted by Gasteiger charge is 2.23. The number of aromatic nitrogens is 2. The lowest BCUT2D eigenvalue weighted by molar-refractivity contribution is 0.295.